The van der Waals surface area contributed by atoms with E-state index >= 15 is 0 Å². The number of hydrogen-bond donors (Lipinski definition) is 0. The van der Waals surface area contributed by atoms with E-state index in [2.05, 4.69) is 0 Å². The van der Waals surface area contributed by atoms with E-state index in [0.717, 1.165) is 56.6 Å². The zero-order valence-corrected chi connectivity index (χ0v) is 25.4. The Morgan fingerprint density at radius 1 is 0.514 bits per heavy atom. The van der Waals surface area contributed by atoms with Crippen LogP contribution in [-0.2, 0) is 45.9 Å². The second-order valence-corrected chi connectivity index (χ2v) is 11.3. The van der Waals surface area contributed by atoms with Crippen molar-refractivity contribution < 1.29 is 25.9 Å². The van der Waals surface area contributed by atoms with Gasteiger partial charge in [-0.25, -0.2) is 16.8 Å². The molecule has 192 valence electrons. The maximum absolute atomic E-state index is 11.2. The van der Waals surface area contributed by atoms with Gasteiger partial charge in [0.05, 0.1) is 9.79 Å². The van der Waals surface area contributed by atoms with E-state index in [-0.39, 0.29) is 47.5 Å². The molecular formula is C28H30CaO6S2. The van der Waals surface area contributed by atoms with Crippen molar-refractivity contribution in [1.29, 1.82) is 0 Å². The summed E-state index contributed by atoms with van der Waals surface area (Å²) in [6.07, 6.45) is 3.02. The predicted octanol–water partition coefficient (Wildman–Crippen LogP) is 5.36. The van der Waals surface area contributed by atoms with Crippen LogP contribution in [0.3, 0.4) is 0 Å². The first kappa shape index (κ1) is 31.7. The number of fused-ring (bicyclic) bond motifs is 2. The Labute approximate surface area is 249 Å². The third kappa shape index (κ3) is 7.32. The average Bonchev–Trinajstić information content (AvgIpc) is 2.85. The van der Waals surface area contributed by atoms with Crippen molar-refractivity contribution in [1.82, 2.24) is 0 Å². The quantitative estimate of drug-likeness (QED) is 0.229. The molecule has 9 heteroatoms. The van der Waals surface area contributed by atoms with Gasteiger partial charge in [-0.2, -0.15) is 0 Å². The summed E-state index contributed by atoms with van der Waals surface area (Å²) in [5.41, 5.74) is 3.93. The van der Waals surface area contributed by atoms with E-state index in [0.29, 0.717) is 12.8 Å². The molecule has 4 aromatic carbocycles. The fourth-order valence-corrected chi connectivity index (χ4v) is 5.58. The van der Waals surface area contributed by atoms with Gasteiger partial charge in [0.15, 0.2) is 0 Å². The van der Waals surface area contributed by atoms with Gasteiger partial charge in [-0.1, -0.05) is 64.1 Å². The number of aryl methyl sites for hydroxylation is 4. The second kappa shape index (κ2) is 13.0. The van der Waals surface area contributed by atoms with Crippen molar-refractivity contribution in [2.45, 2.75) is 63.2 Å². The SMILES string of the molecule is CCc1cc(S(=O)(=O)[O-])cc2c(CC)cccc12.CCc1cc(S(=O)(=O)[O-])cc2c(CC)cccc12.[Ca+2]. The summed E-state index contributed by atoms with van der Waals surface area (Å²) in [4.78, 5) is -0.263. The normalized spacial score (nSPS) is 11.6. The van der Waals surface area contributed by atoms with Crippen molar-refractivity contribution in [3.05, 3.63) is 82.9 Å². The van der Waals surface area contributed by atoms with E-state index in [1.165, 1.54) is 24.3 Å². The summed E-state index contributed by atoms with van der Waals surface area (Å²) in [5, 5.41) is 3.80. The molecule has 0 amide bonds. The van der Waals surface area contributed by atoms with E-state index in [4.69, 9.17) is 0 Å². The Balaban J connectivity index is 0.000000253. The van der Waals surface area contributed by atoms with Gasteiger partial charge in [-0.15, -0.1) is 0 Å². The maximum Gasteiger partial charge on any atom is 2.00 e. The molecule has 0 aromatic heterocycles. The molecule has 0 radical (unpaired) electrons. The molecule has 4 aromatic rings. The summed E-state index contributed by atoms with van der Waals surface area (Å²) in [6, 6.07) is 17.8. The predicted molar refractivity (Wildman–Crippen MR) is 147 cm³/mol. The van der Waals surface area contributed by atoms with E-state index < -0.39 is 20.2 Å². The first-order valence-corrected chi connectivity index (χ1v) is 14.8. The minimum absolute atomic E-state index is 0. The van der Waals surface area contributed by atoms with E-state index in [1.54, 1.807) is 0 Å². The van der Waals surface area contributed by atoms with Gasteiger partial charge in [-0.3, -0.25) is 0 Å². The second-order valence-electron chi connectivity index (χ2n) is 8.51. The van der Waals surface area contributed by atoms with Crippen molar-refractivity contribution in [3.8, 4) is 0 Å². The van der Waals surface area contributed by atoms with Crippen LogP contribution in [0.1, 0.15) is 49.9 Å². The molecule has 0 aliphatic heterocycles. The first-order valence-electron chi connectivity index (χ1n) is 11.9. The number of rotatable bonds is 6. The molecule has 0 saturated heterocycles. The van der Waals surface area contributed by atoms with Crippen LogP contribution in [0.2, 0.25) is 0 Å². The maximum atomic E-state index is 11.2. The van der Waals surface area contributed by atoms with Gasteiger partial charge in [0.1, 0.15) is 20.2 Å². The smallest absolute Gasteiger partial charge is 0.744 e. The minimum Gasteiger partial charge on any atom is -0.744 e. The summed E-state index contributed by atoms with van der Waals surface area (Å²) in [7, 11) is -8.80. The van der Waals surface area contributed by atoms with Crippen molar-refractivity contribution in [2.24, 2.45) is 0 Å². The molecule has 0 saturated carbocycles. The Hall–Kier alpha value is -1.52. The molecule has 0 N–H and O–H groups in total. The molecule has 0 atom stereocenters. The van der Waals surface area contributed by atoms with Crippen LogP contribution < -0.4 is 0 Å². The van der Waals surface area contributed by atoms with Crippen LogP contribution in [0.4, 0.5) is 0 Å². The molecule has 4 rings (SSSR count). The van der Waals surface area contributed by atoms with Crippen LogP contribution >= 0.6 is 0 Å². The van der Waals surface area contributed by atoms with Crippen molar-refractivity contribution in [2.75, 3.05) is 0 Å². The van der Waals surface area contributed by atoms with Crippen molar-refractivity contribution >= 4 is 79.5 Å². The monoisotopic (exact) mass is 566 g/mol. The molecule has 0 unspecified atom stereocenters. The molecule has 0 bridgehead atoms. The average molecular weight is 567 g/mol. The van der Waals surface area contributed by atoms with Crippen LogP contribution in [0.25, 0.3) is 21.5 Å². The van der Waals surface area contributed by atoms with Gasteiger partial charge < -0.3 is 9.11 Å². The topological polar surface area (TPSA) is 114 Å². The van der Waals surface area contributed by atoms with Gasteiger partial charge in [-0.05, 0) is 93.7 Å². The molecule has 37 heavy (non-hydrogen) atoms. The minimum atomic E-state index is -4.40. The van der Waals surface area contributed by atoms with Crippen LogP contribution in [0, 0.1) is 0 Å². The molecule has 6 nitrogen and oxygen atoms in total. The van der Waals surface area contributed by atoms with Gasteiger partial charge in [0, 0.05) is 0 Å². The molecule has 0 heterocycles. The summed E-state index contributed by atoms with van der Waals surface area (Å²) in [6.45, 7) is 7.93. The third-order valence-corrected chi connectivity index (χ3v) is 8.02. The van der Waals surface area contributed by atoms with Crippen LogP contribution in [0.15, 0.2) is 70.5 Å². The van der Waals surface area contributed by atoms with Gasteiger partial charge >= 0.3 is 37.7 Å². The van der Waals surface area contributed by atoms with E-state index in [1.807, 2.05) is 64.1 Å². The largest absolute Gasteiger partial charge is 2.00 e. The molecule has 0 fully saturated rings. The molecule has 0 spiro atoms. The van der Waals surface area contributed by atoms with Gasteiger partial charge in [0.2, 0.25) is 0 Å². The zero-order chi connectivity index (χ0) is 26.7. The zero-order valence-electron chi connectivity index (χ0n) is 21.6. The third-order valence-electron chi connectivity index (χ3n) is 6.39. The summed E-state index contributed by atoms with van der Waals surface area (Å²) < 4.78 is 67.1. The molecule has 0 aliphatic rings. The Bertz CT molecular complexity index is 1500. The summed E-state index contributed by atoms with van der Waals surface area (Å²) in [5.74, 6) is 0. The Kier molecular flexibility index (Phi) is 11.2. The van der Waals surface area contributed by atoms with Crippen molar-refractivity contribution in [3.63, 3.8) is 0 Å². The Morgan fingerprint density at radius 3 is 1.11 bits per heavy atom. The standard InChI is InChI=1S/2C14H16O3S.Ca/c2*1-3-10-6-5-7-13-11(4-2)8-12(9-14(10)13)18(15,16)17;/h2*5-9H,3-4H2,1-2H3,(H,15,16,17);/q;;+2/p-2. The van der Waals surface area contributed by atoms with Crippen LogP contribution in [-0.4, -0.2) is 63.7 Å². The fourth-order valence-electron chi connectivity index (χ4n) is 4.48. The van der Waals surface area contributed by atoms with Gasteiger partial charge in [0.25, 0.3) is 0 Å². The Morgan fingerprint density at radius 2 is 0.838 bits per heavy atom. The van der Waals surface area contributed by atoms with Crippen LogP contribution in [0.5, 0.6) is 0 Å². The number of benzene rings is 4. The summed E-state index contributed by atoms with van der Waals surface area (Å²) >= 11 is 0. The fraction of sp³-hybridized carbons (Fsp3) is 0.286. The number of hydrogen-bond acceptors (Lipinski definition) is 6. The first-order chi connectivity index (χ1) is 16.9. The molecule has 0 aliphatic carbocycles. The van der Waals surface area contributed by atoms with E-state index in [9.17, 15) is 25.9 Å². The molecular weight excluding hydrogens is 537 g/mol.